The molecule has 0 spiro atoms. The van der Waals surface area contributed by atoms with Crippen molar-refractivity contribution in [1.82, 2.24) is 4.90 Å². The number of halogens is 2. The van der Waals surface area contributed by atoms with Crippen molar-refractivity contribution in [2.45, 2.75) is 19.3 Å². The second kappa shape index (κ2) is 6.84. The topological polar surface area (TPSA) is 37.4 Å². The van der Waals surface area contributed by atoms with Crippen LogP contribution in [0.25, 0.3) is 0 Å². The van der Waals surface area contributed by atoms with Crippen molar-refractivity contribution in [2.24, 2.45) is 5.92 Å². The maximum absolute atomic E-state index is 12.9. The molecule has 1 amide bonds. The Kier molecular flexibility index (Phi) is 5.12. The second-order valence-corrected chi connectivity index (χ2v) is 5.41. The van der Waals surface area contributed by atoms with E-state index < -0.39 is 0 Å². The summed E-state index contributed by atoms with van der Waals surface area (Å²) in [6.45, 7) is 1.25. The van der Waals surface area contributed by atoms with Crippen molar-refractivity contribution in [3.63, 3.8) is 0 Å². The Morgan fingerprint density at radius 3 is 2.65 bits per heavy atom. The first-order chi connectivity index (χ1) is 9.60. The summed E-state index contributed by atoms with van der Waals surface area (Å²) in [4.78, 5) is 25.4. The van der Waals surface area contributed by atoms with Crippen molar-refractivity contribution >= 4 is 23.3 Å². The van der Waals surface area contributed by atoms with E-state index in [2.05, 4.69) is 0 Å². The zero-order valence-electron chi connectivity index (χ0n) is 11.1. The minimum Gasteiger partial charge on any atom is -0.338 e. The number of Topliss-reactive ketones (excluding diaryl/α,β-unsaturated/α-hetero) is 1. The molecule has 3 nitrogen and oxygen atoms in total. The van der Waals surface area contributed by atoms with Gasteiger partial charge >= 0.3 is 0 Å². The zero-order valence-corrected chi connectivity index (χ0v) is 11.9. The van der Waals surface area contributed by atoms with E-state index in [1.54, 1.807) is 4.90 Å². The molecule has 20 heavy (non-hydrogen) atoms. The fraction of sp³-hybridized carbons (Fsp3) is 0.467. The highest BCUT2D eigenvalue weighted by Gasteiger charge is 2.25. The van der Waals surface area contributed by atoms with E-state index in [1.165, 1.54) is 24.3 Å². The standard InChI is InChI=1S/C15H17ClFNO2/c16-9-14(19)8-11-2-1-7-18(10-11)15(20)12-3-5-13(17)6-4-12/h3-6,11H,1-2,7-10H2/t11-/m1/s1. The molecule has 1 aliphatic rings. The van der Waals surface area contributed by atoms with Gasteiger partial charge in [-0.3, -0.25) is 9.59 Å². The van der Waals surface area contributed by atoms with Crippen LogP contribution >= 0.6 is 11.6 Å². The predicted octanol–water partition coefficient (Wildman–Crippen LogP) is 2.88. The summed E-state index contributed by atoms with van der Waals surface area (Å²) in [6.07, 6.45) is 2.25. The Hall–Kier alpha value is -1.42. The number of ketones is 1. The molecule has 0 unspecified atom stereocenters. The monoisotopic (exact) mass is 297 g/mol. The van der Waals surface area contributed by atoms with Gasteiger partial charge in [0.05, 0.1) is 5.88 Å². The van der Waals surface area contributed by atoms with E-state index in [0.29, 0.717) is 25.1 Å². The zero-order chi connectivity index (χ0) is 14.5. The van der Waals surface area contributed by atoms with Gasteiger partial charge in [-0.1, -0.05) is 0 Å². The van der Waals surface area contributed by atoms with Gasteiger partial charge in [-0.2, -0.15) is 0 Å². The minimum absolute atomic E-state index is 0.0211. The first-order valence-electron chi connectivity index (χ1n) is 6.72. The van der Waals surface area contributed by atoms with Gasteiger partial charge < -0.3 is 4.90 Å². The van der Waals surface area contributed by atoms with Crippen LogP contribution in [0.15, 0.2) is 24.3 Å². The van der Waals surface area contributed by atoms with Crippen LogP contribution in [-0.2, 0) is 4.79 Å². The molecular weight excluding hydrogens is 281 g/mol. The Labute approximate surface area is 122 Å². The molecule has 108 valence electrons. The number of amides is 1. The third-order valence-corrected chi connectivity index (χ3v) is 3.86. The van der Waals surface area contributed by atoms with Crippen LogP contribution in [0, 0.1) is 11.7 Å². The molecular formula is C15H17ClFNO2. The molecule has 0 N–H and O–H groups in total. The van der Waals surface area contributed by atoms with Gasteiger partial charge in [0.2, 0.25) is 0 Å². The largest absolute Gasteiger partial charge is 0.338 e. The summed E-state index contributed by atoms with van der Waals surface area (Å²) in [5.41, 5.74) is 0.482. The Morgan fingerprint density at radius 2 is 2.00 bits per heavy atom. The minimum atomic E-state index is -0.356. The number of rotatable bonds is 4. The van der Waals surface area contributed by atoms with Crippen molar-refractivity contribution in [3.8, 4) is 0 Å². The fourth-order valence-corrected chi connectivity index (χ4v) is 2.68. The molecule has 0 aliphatic carbocycles. The summed E-state index contributed by atoms with van der Waals surface area (Å²) >= 11 is 5.52. The average Bonchev–Trinajstić information content (AvgIpc) is 2.47. The number of alkyl halides is 1. The van der Waals surface area contributed by atoms with Gasteiger partial charge in [-0.25, -0.2) is 4.39 Å². The Bertz CT molecular complexity index is 489. The van der Waals surface area contributed by atoms with E-state index in [4.69, 9.17) is 11.6 Å². The summed E-state index contributed by atoms with van der Waals surface area (Å²) in [6, 6.07) is 5.55. The van der Waals surface area contributed by atoms with Gasteiger partial charge in [-0.05, 0) is 43.0 Å². The van der Waals surface area contributed by atoms with Gasteiger partial charge in [0.1, 0.15) is 11.6 Å². The van der Waals surface area contributed by atoms with Crippen molar-refractivity contribution in [3.05, 3.63) is 35.6 Å². The molecule has 5 heteroatoms. The highest BCUT2D eigenvalue weighted by molar-refractivity contribution is 6.27. The smallest absolute Gasteiger partial charge is 0.253 e. The lowest BCUT2D eigenvalue weighted by Crippen LogP contribution is -2.40. The molecule has 0 saturated carbocycles. The number of hydrogen-bond donors (Lipinski definition) is 0. The average molecular weight is 298 g/mol. The second-order valence-electron chi connectivity index (χ2n) is 5.14. The number of carbonyl (C=O) groups excluding carboxylic acids is 2. The number of carbonyl (C=O) groups is 2. The third-order valence-electron chi connectivity index (χ3n) is 3.56. The quantitative estimate of drug-likeness (QED) is 0.801. The summed E-state index contributed by atoms with van der Waals surface area (Å²) in [5, 5.41) is 0. The van der Waals surface area contributed by atoms with E-state index in [-0.39, 0.29) is 29.3 Å². The molecule has 2 rings (SSSR count). The molecule has 1 fully saturated rings. The summed E-state index contributed by atoms with van der Waals surface area (Å²) in [5.74, 6) is -0.228. The summed E-state index contributed by atoms with van der Waals surface area (Å²) < 4.78 is 12.9. The lowest BCUT2D eigenvalue weighted by molar-refractivity contribution is -0.117. The maximum Gasteiger partial charge on any atom is 0.253 e. The molecule has 0 bridgehead atoms. The molecule has 1 aliphatic heterocycles. The van der Waals surface area contributed by atoms with E-state index >= 15 is 0 Å². The molecule has 0 aromatic heterocycles. The molecule has 1 aromatic carbocycles. The predicted molar refractivity (Wildman–Crippen MR) is 75.4 cm³/mol. The Balaban J connectivity index is 1.99. The molecule has 1 atom stereocenters. The highest BCUT2D eigenvalue weighted by atomic mass is 35.5. The van der Waals surface area contributed by atoms with Gasteiger partial charge in [-0.15, -0.1) is 11.6 Å². The van der Waals surface area contributed by atoms with Crippen LogP contribution in [0.4, 0.5) is 4.39 Å². The number of nitrogens with zero attached hydrogens (tertiary/aromatic N) is 1. The van der Waals surface area contributed by atoms with Gasteiger partial charge in [0, 0.05) is 25.1 Å². The van der Waals surface area contributed by atoms with E-state index in [0.717, 1.165) is 12.8 Å². The van der Waals surface area contributed by atoms with Gasteiger partial charge in [0.25, 0.3) is 5.91 Å². The molecule has 1 saturated heterocycles. The lowest BCUT2D eigenvalue weighted by Gasteiger charge is -2.32. The van der Waals surface area contributed by atoms with E-state index in [9.17, 15) is 14.0 Å². The normalized spacial score (nSPS) is 18.9. The van der Waals surface area contributed by atoms with Crippen LogP contribution in [0.1, 0.15) is 29.6 Å². The van der Waals surface area contributed by atoms with Crippen LogP contribution in [-0.4, -0.2) is 35.6 Å². The summed E-state index contributed by atoms with van der Waals surface area (Å²) in [7, 11) is 0. The first-order valence-corrected chi connectivity index (χ1v) is 7.26. The van der Waals surface area contributed by atoms with Crippen LogP contribution in [0.5, 0.6) is 0 Å². The number of piperidine rings is 1. The maximum atomic E-state index is 12.9. The molecule has 1 heterocycles. The molecule has 0 radical (unpaired) electrons. The third kappa shape index (κ3) is 3.79. The van der Waals surface area contributed by atoms with Crippen molar-refractivity contribution < 1.29 is 14.0 Å². The fourth-order valence-electron chi connectivity index (χ4n) is 2.57. The molecule has 1 aromatic rings. The lowest BCUT2D eigenvalue weighted by atomic mass is 9.93. The Morgan fingerprint density at radius 1 is 1.30 bits per heavy atom. The van der Waals surface area contributed by atoms with E-state index in [1.807, 2.05) is 0 Å². The van der Waals surface area contributed by atoms with Crippen LogP contribution in [0.3, 0.4) is 0 Å². The first kappa shape index (κ1) is 15.0. The van der Waals surface area contributed by atoms with Crippen molar-refractivity contribution in [2.75, 3.05) is 19.0 Å². The number of benzene rings is 1. The highest BCUT2D eigenvalue weighted by Crippen LogP contribution is 2.21. The van der Waals surface area contributed by atoms with Crippen molar-refractivity contribution in [1.29, 1.82) is 0 Å². The number of hydrogen-bond acceptors (Lipinski definition) is 2. The van der Waals surface area contributed by atoms with Crippen LogP contribution < -0.4 is 0 Å². The number of likely N-dealkylation sites (tertiary alicyclic amines) is 1. The SMILES string of the molecule is O=C(CCl)C[C@H]1CCCN(C(=O)c2ccc(F)cc2)C1. The van der Waals surface area contributed by atoms with Gasteiger partial charge in [0.15, 0.2) is 0 Å². The van der Waals surface area contributed by atoms with Crippen LogP contribution in [0.2, 0.25) is 0 Å².